The highest BCUT2D eigenvalue weighted by Crippen LogP contribution is 2.17. The molecule has 0 saturated heterocycles. The van der Waals surface area contributed by atoms with Gasteiger partial charge in [0, 0.05) is 16.3 Å². The second-order valence-electron chi connectivity index (χ2n) is 6.06. The fourth-order valence-electron chi connectivity index (χ4n) is 2.42. The minimum Gasteiger partial charge on any atom is -0.482 e. The van der Waals surface area contributed by atoms with Crippen molar-refractivity contribution in [1.29, 1.82) is 0 Å². The molecule has 1 N–H and O–H groups in total. The number of ether oxygens (including phenoxy) is 2. The third-order valence-electron chi connectivity index (χ3n) is 3.80. The largest absolute Gasteiger partial charge is 0.482 e. The number of esters is 1. The van der Waals surface area contributed by atoms with Gasteiger partial charge in [-0.1, -0.05) is 23.7 Å². The van der Waals surface area contributed by atoms with Crippen LogP contribution in [0.1, 0.15) is 15.9 Å². The summed E-state index contributed by atoms with van der Waals surface area (Å²) in [6, 6.07) is 20.5. The first-order chi connectivity index (χ1) is 13.5. The maximum Gasteiger partial charge on any atom is 0.349 e. The van der Waals surface area contributed by atoms with Crippen LogP contribution >= 0.6 is 11.6 Å². The van der Waals surface area contributed by atoms with E-state index in [1.54, 1.807) is 54.6 Å². The molecule has 0 unspecified atom stereocenters. The first kappa shape index (κ1) is 19.5. The van der Waals surface area contributed by atoms with Crippen LogP contribution < -0.4 is 14.8 Å². The number of carbonyl (C=O) groups is 2. The molecule has 0 saturated carbocycles. The molecule has 3 aromatic carbocycles. The van der Waals surface area contributed by atoms with Gasteiger partial charge in [-0.25, -0.2) is 4.79 Å². The average molecular weight is 396 g/mol. The van der Waals surface area contributed by atoms with Crippen molar-refractivity contribution in [2.75, 3.05) is 11.9 Å². The second kappa shape index (κ2) is 9.06. The number of hydrogen-bond donors (Lipinski definition) is 1. The van der Waals surface area contributed by atoms with Crippen molar-refractivity contribution in [1.82, 2.24) is 0 Å². The van der Waals surface area contributed by atoms with E-state index in [1.165, 1.54) is 0 Å². The van der Waals surface area contributed by atoms with Crippen LogP contribution in [0.3, 0.4) is 0 Å². The molecular formula is C22H18ClNO4. The fraction of sp³-hybridized carbons (Fsp3) is 0.0909. The predicted molar refractivity (Wildman–Crippen MR) is 108 cm³/mol. The lowest BCUT2D eigenvalue weighted by Gasteiger charge is -2.08. The summed E-state index contributed by atoms with van der Waals surface area (Å²) in [5.41, 5.74) is 2.11. The molecule has 142 valence electrons. The highest BCUT2D eigenvalue weighted by atomic mass is 35.5. The first-order valence-electron chi connectivity index (χ1n) is 8.57. The maximum absolute atomic E-state index is 12.2. The Morgan fingerprint density at radius 1 is 0.929 bits per heavy atom. The fourth-order valence-corrected chi connectivity index (χ4v) is 2.55. The number of carbonyl (C=O) groups excluding carboxylic acids is 2. The van der Waals surface area contributed by atoms with Crippen molar-refractivity contribution < 1.29 is 19.1 Å². The molecule has 0 atom stereocenters. The predicted octanol–water partition coefficient (Wildman–Crippen LogP) is 4.89. The third-order valence-corrected chi connectivity index (χ3v) is 4.05. The summed E-state index contributed by atoms with van der Waals surface area (Å²) in [6.45, 7) is 1.73. The number of halogens is 1. The molecule has 3 aromatic rings. The molecule has 0 fully saturated rings. The summed E-state index contributed by atoms with van der Waals surface area (Å²) < 4.78 is 10.6. The van der Waals surface area contributed by atoms with E-state index < -0.39 is 5.97 Å². The van der Waals surface area contributed by atoms with Gasteiger partial charge in [-0.2, -0.15) is 0 Å². The van der Waals surface area contributed by atoms with Crippen LogP contribution in [-0.2, 0) is 4.79 Å². The zero-order valence-corrected chi connectivity index (χ0v) is 15.9. The van der Waals surface area contributed by atoms with Crippen LogP contribution in [0.25, 0.3) is 0 Å². The molecule has 0 radical (unpaired) electrons. The smallest absolute Gasteiger partial charge is 0.349 e. The van der Waals surface area contributed by atoms with Gasteiger partial charge in [0.2, 0.25) is 0 Å². The Kier molecular flexibility index (Phi) is 6.29. The van der Waals surface area contributed by atoms with Gasteiger partial charge in [0.05, 0.1) is 0 Å². The van der Waals surface area contributed by atoms with Crippen LogP contribution in [0.2, 0.25) is 5.02 Å². The lowest BCUT2D eigenvalue weighted by atomic mass is 10.2. The molecule has 0 aliphatic rings. The van der Waals surface area contributed by atoms with E-state index in [0.29, 0.717) is 27.8 Å². The number of nitrogens with one attached hydrogen (secondary N) is 1. The average Bonchev–Trinajstić information content (AvgIpc) is 2.69. The zero-order valence-electron chi connectivity index (χ0n) is 15.1. The zero-order chi connectivity index (χ0) is 19.9. The molecule has 0 spiro atoms. The van der Waals surface area contributed by atoms with Gasteiger partial charge >= 0.3 is 5.97 Å². The molecule has 0 aliphatic heterocycles. The molecule has 0 aliphatic carbocycles. The quantitative estimate of drug-likeness (QED) is 0.477. The SMILES string of the molecule is Cc1cccc(OCC(=O)Oc2ccc(C(=O)Nc3ccc(Cl)cc3)cc2)c1. The van der Waals surface area contributed by atoms with E-state index in [-0.39, 0.29) is 12.5 Å². The number of hydrogen-bond acceptors (Lipinski definition) is 4. The first-order valence-corrected chi connectivity index (χ1v) is 8.94. The molecule has 6 heteroatoms. The Hall–Kier alpha value is -3.31. The topological polar surface area (TPSA) is 64.6 Å². The number of benzene rings is 3. The number of amides is 1. The van der Waals surface area contributed by atoms with Crippen molar-refractivity contribution in [3.8, 4) is 11.5 Å². The lowest BCUT2D eigenvalue weighted by Crippen LogP contribution is -2.18. The Morgan fingerprint density at radius 3 is 2.32 bits per heavy atom. The molecule has 0 bridgehead atoms. The minimum atomic E-state index is -0.528. The molecule has 3 rings (SSSR count). The van der Waals surface area contributed by atoms with Gasteiger partial charge in [-0.15, -0.1) is 0 Å². The molecule has 28 heavy (non-hydrogen) atoms. The third kappa shape index (κ3) is 5.59. The lowest BCUT2D eigenvalue weighted by molar-refractivity contribution is -0.136. The summed E-state index contributed by atoms with van der Waals surface area (Å²) in [5.74, 6) is 0.134. The van der Waals surface area contributed by atoms with Crippen molar-refractivity contribution in [3.63, 3.8) is 0 Å². The molecular weight excluding hydrogens is 378 g/mol. The Balaban J connectivity index is 1.52. The van der Waals surface area contributed by atoms with Crippen LogP contribution in [0.15, 0.2) is 72.8 Å². The maximum atomic E-state index is 12.2. The van der Waals surface area contributed by atoms with Crippen molar-refractivity contribution >= 4 is 29.2 Å². The standard InChI is InChI=1S/C22H18ClNO4/c1-15-3-2-4-20(13-15)27-14-21(25)28-19-11-5-16(6-12-19)22(26)24-18-9-7-17(23)8-10-18/h2-13H,14H2,1H3,(H,24,26). The minimum absolute atomic E-state index is 0.206. The van der Waals surface area contributed by atoms with E-state index in [4.69, 9.17) is 21.1 Å². The van der Waals surface area contributed by atoms with Crippen LogP contribution in [-0.4, -0.2) is 18.5 Å². The summed E-state index contributed by atoms with van der Waals surface area (Å²) in [6.07, 6.45) is 0. The summed E-state index contributed by atoms with van der Waals surface area (Å²) in [7, 11) is 0. The monoisotopic (exact) mass is 395 g/mol. The van der Waals surface area contributed by atoms with Gasteiger partial charge in [-0.05, 0) is 73.2 Å². The molecule has 5 nitrogen and oxygen atoms in total. The van der Waals surface area contributed by atoms with Crippen LogP contribution in [0.5, 0.6) is 11.5 Å². The molecule has 1 amide bonds. The van der Waals surface area contributed by atoms with Crippen LogP contribution in [0.4, 0.5) is 5.69 Å². The number of anilines is 1. The highest BCUT2D eigenvalue weighted by molar-refractivity contribution is 6.30. The molecule has 0 aromatic heterocycles. The van der Waals surface area contributed by atoms with E-state index in [2.05, 4.69) is 5.32 Å². The van der Waals surface area contributed by atoms with Gasteiger partial charge in [0.25, 0.3) is 5.91 Å². The summed E-state index contributed by atoms with van der Waals surface area (Å²) >= 11 is 5.83. The van der Waals surface area contributed by atoms with E-state index >= 15 is 0 Å². The van der Waals surface area contributed by atoms with Crippen molar-refractivity contribution in [2.45, 2.75) is 6.92 Å². The Morgan fingerprint density at radius 2 is 1.64 bits per heavy atom. The number of rotatable bonds is 6. The van der Waals surface area contributed by atoms with E-state index in [1.807, 2.05) is 25.1 Å². The van der Waals surface area contributed by atoms with Gasteiger partial charge in [0.1, 0.15) is 11.5 Å². The normalized spacial score (nSPS) is 10.2. The second-order valence-corrected chi connectivity index (χ2v) is 6.50. The van der Waals surface area contributed by atoms with E-state index in [0.717, 1.165) is 5.56 Å². The van der Waals surface area contributed by atoms with Crippen LogP contribution in [0, 0.1) is 6.92 Å². The Bertz CT molecular complexity index is 969. The van der Waals surface area contributed by atoms with Gasteiger partial charge in [0.15, 0.2) is 6.61 Å². The van der Waals surface area contributed by atoms with Gasteiger partial charge in [-0.3, -0.25) is 4.79 Å². The van der Waals surface area contributed by atoms with Crippen molar-refractivity contribution in [2.24, 2.45) is 0 Å². The summed E-state index contributed by atoms with van der Waals surface area (Å²) in [4.78, 5) is 24.2. The highest BCUT2D eigenvalue weighted by Gasteiger charge is 2.09. The molecule has 0 heterocycles. The van der Waals surface area contributed by atoms with E-state index in [9.17, 15) is 9.59 Å². The number of aryl methyl sites for hydroxylation is 1. The van der Waals surface area contributed by atoms with Gasteiger partial charge < -0.3 is 14.8 Å². The van der Waals surface area contributed by atoms with Crippen molar-refractivity contribution in [3.05, 3.63) is 88.9 Å². The Labute approximate surface area is 167 Å². The summed E-state index contributed by atoms with van der Waals surface area (Å²) in [5, 5.41) is 3.36.